The van der Waals surface area contributed by atoms with Gasteiger partial charge in [0, 0.05) is 36.2 Å². The highest BCUT2D eigenvalue weighted by Gasteiger charge is 2.43. The van der Waals surface area contributed by atoms with Gasteiger partial charge in [-0.2, -0.15) is 0 Å². The summed E-state index contributed by atoms with van der Waals surface area (Å²) in [6.07, 6.45) is 4.35. The molecule has 2 saturated heterocycles. The van der Waals surface area contributed by atoms with E-state index in [4.69, 9.17) is 4.74 Å². The van der Waals surface area contributed by atoms with E-state index in [1.165, 1.54) is 18.4 Å². The normalized spacial score (nSPS) is 25.2. The van der Waals surface area contributed by atoms with Crippen molar-refractivity contribution in [3.05, 3.63) is 59.3 Å². The van der Waals surface area contributed by atoms with Crippen molar-refractivity contribution in [1.82, 2.24) is 9.88 Å². The average Bonchev–Trinajstić information content (AvgIpc) is 2.89. The van der Waals surface area contributed by atoms with E-state index in [-0.39, 0.29) is 11.7 Å². The van der Waals surface area contributed by atoms with Crippen LogP contribution in [0, 0.1) is 12.8 Å². The summed E-state index contributed by atoms with van der Waals surface area (Å²) in [5.74, 6) is 0.944. The number of ketones is 1. The van der Waals surface area contributed by atoms with E-state index in [0.717, 1.165) is 30.6 Å². The highest BCUT2D eigenvalue weighted by atomic mass is 16.5. The van der Waals surface area contributed by atoms with Crippen molar-refractivity contribution in [3.8, 4) is 5.88 Å². The second kappa shape index (κ2) is 7.20. The predicted octanol–water partition coefficient (Wildman–Crippen LogP) is 4.02. The zero-order valence-electron chi connectivity index (χ0n) is 15.5. The Bertz CT molecular complexity index is 776. The number of hydrogen-bond donors (Lipinski definition) is 0. The number of rotatable bonds is 5. The summed E-state index contributed by atoms with van der Waals surface area (Å²) in [4.78, 5) is 20.1. The van der Waals surface area contributed by atoms with Gasteiger partial charge in [-0.3, -0.25) is 9.69 Å². The van der Waals surface area contributed by atoms with Crippen LogP contribution < -0.4 is 4.74 Å². The Hall–Kier alpha value is -2.20. The fourth-order valence-electron chi connectivity index (χ4n) is 4.67. The van der Waals surface area contributed by atoms with Crippen molar-refractivity contribution in [3.63, 3.8) is 0 Å². The number of aryl methyl sites for hydroxylation is 1. The summed E-state index contributed by atoms with van der Waals surface area (Å²) in [6, 6.07) is 15.4. The molecule has 136 valence electrons. The maximum Gasteiger partial charge on any atom is 0.213 e. The SMILES string of the molecule is COc1ccc(C(=O)C2CC3CCC(C2)N3Cc2ccccc2)c(C)n1. The minimum absolute atomic E-state index is 0.119. The van der Waals surface area contributed by atoms with E-state index >= 15 is 0 Å². The van der Waals surface area contributed by atoms with Gasteiger partial charge in [0.1, 0.15) is 0 Å². The molecule has 0 amide bonds. The standard InChI is InChI=1S/C22H26N2O2/c1-15-20(10-11-21(23-15)26-2)22(25)17-12-18-8-9-19(13-17)24(18)14-16-6-4-3-5-7-16/h3-7,10-11,17-19H,8-9,12-14H2,1-2H3. The van der Waals surface area contributed by atoms with Gasteiger partial charge in [0.25, 0.3) is 0 Å². The lowest BCUT2D eigenvalue weighted by atomic mass is 9.84. The lowest BCUT2D eigenvalue weighted by molar-refractivity contribution is 0.0677. The van der Waals surface area contributed by atoms with E-state index in [2.05, 4.69) is 40.2 Å². The Kier molecular flexibility index (Phi) is 4.77. The van der Waals surface area contributed by atoms with Crippen LogP contribution in [-0.2, 0) is 6.54 Å². The fourth-order valence-corrected chi connectivity index (χ4v) is 4.67. The number of hydrogen-bond acceptors (Lipinski definition) is 4. The molecule has 1 aromatic heterocycles. The van der Waals surface area contributed by atoms with E-state index in [0.29, 0.717) is 18.0 Å². The molecule has 4 rings (SSSR count). The minimum Gasteiger partial charge on any atom is -0.481 e. The lowest BCUT2D eigenvalue weighted by Gasteiger charge is -2.38. The topological polar surface area (TPSA) is 42.4 Å². The van der Waals surface area contributed by atoms with Crippen LogP contribution in [0.3, 0.4) is 0 Å². The van der Waals surface area contributed by atoms with Crippen molar-refractivity contribution >= 4 is 5.78 Å². The van der Waals surface area contributed by atoms with E-state index < -0.39 is 0 Å². The first-order valence-corrected chi connectivity index (χ1v) is 9.51. The number of methoxy groups -OCH3 is 1. The molecular formula is C22H26N2O2. The molecule has 2 atom stereocenters. The Morgan fingerprint density at radius 2 is 1.81 bits per heavy atom. The van der Waals surface area contributed by atoms with Gasteiger partial charge in [0.15, 0.2) is 5.78 Å². The van der Waals surface area contributed by atoms with Gasteiger partial charge >= 0.3 is 0 Å². The maximum absolute atomic E-state index is 13.1. The number of nitrogens with zero attached hydrogens (tertiary/aromatic N) is 2. The molecule has 3 heterocycles. The zero-order chi connectivity index (χ0) is 18.1. The van der Waals surface area contributed by atoms with Crippen LogP contribution in [0.25, 0.3) is 0 Å². The smallest absolute Gasteiger partial charge is 0.213 e. The number of Topliss-reactive ketones (excluding diaryl/α,β-unsaturated/α-hetero) is 1. The van der Waals surface area contributed by atoms with Crippen molar-refractivity contribution in [1.29, 1.82) is 0 Å². The number of benzene rings is 1. The molecule has 0 N–H and O–H groups in total. The summed E-state index contributed by atoms with van der Waals surface area (Å²) in [5, 5.41) is 0. The molecule has 0 spiro atoms. The molecule has 2 aromatic rings. The van der Waals surface area contributed by atoms with Gasteiger partial charge in [-0.1, -0.05) is 30.3 Å². The third-order valence-corrected chi connectivity index (χ3v) is 6.00. The number of fused-ring (bicyclic) bond motifs is 2. The number of ether oxygens (including phenoxy) is 1. The lowest BCUT2D eigenvalue weighted by Crippen LogP contribution is -2.44. The highest BCUT2D eigenvalue weighted by Crippen LogP contribution is 2.40. The fraction of sp³-hybridized carbons (Fsp3) is 0.455. The summed E-state index contributed by atoms with van der Waals surface area (Å²) < 4.78 is 5.16. The van der Waals surface area contributed by atoms with E-state index in [1.54, 1.807) is 13.2 Å². The largest absolute Gasteiger partial charge is 0.481 e. The Morgan fingerprint density at radius 3 is 2.42 bits per heavy atom. The van der Waals surface area contributed by atoms with E-state index in [1.807, 2.05) is 13.0 Å². The Labute approximate surface area is 155 Å². The van der Waals surface area contributed by atoms with Crippen LogP contribution in [0.2, 0.25) is 0 Å². The molecule has 0 saturated carbocycles. The van der Waals surface area contributed by atoms with Gasteiger partial charge in [-0.25, -0.2) is 4.98 Å². The van der Waals surface area contributed by atoms with Crippen LogP contribution in [-0.4, -0.2) is 34.9 Å². The number of aromatic nitrogens is 1. The second-order valence-corrected chi connectivity index (χ2v) is 7.56. The Morgan fingerprint density at radius 1 is 1.12 bits per heavy atom. The highest BCUT2D eigenvalue weighted by molar-refractivity contribution is 5.99. The first-order chi connectivity index (χ1) is 12.7. The number of carbonyl (C=O) groups is 1. The average molecular weight is 350 g/mol. The summed E-state index contributed by atoms with van der Waals surface area (Å²) >= 11 is 0. The molecule has 0 radical (unpaired) electrons. The number of pyridine rings is 1. The van der Waals surface area contributed by atoms with E-state index in [9.17, 15) is 4.79 Å². The molecular weight excluding hydrogens is 324 g/mol. The van der Waals surface area contributed by atoms with Crippen molar-refractivity contribution < 1.29 is 9.53 Å². The summed E-state index contributed by atoms with van der Waals surface area (Å²) in [7, 11) is 1.60. The van der Waals surface area contributed by atoms with Gasteiger partial charge in [0.2, 0.25) is 5.88 Å². The Balaban J connectivity index is 1.47. The molecule has 2 aliphatic rings. The molecule has 26 heavy (non-hydrogen) atoms. The molecule has 0 aliphatic carbocycles. The third-order valence-electron chi connectivity index (χ3n) is 6.00. The van der Waals surface area contributed by atoms with Crippen molar-refractivity contribution in [2.45, 2.75) is 51.2 Å². The molecule has 2 aliphatic heterocycles. The quantitative estimate of drug-likeness (QED) is 0.764. The maximum atomic E-state index is 13.1. The van der Waals surface area contributed by atoms with Crippen LogP contribution in [0.5, 0.6) is 5.88 Å². The first-order valence-electron chi connectivity index (χ1n) is 9.51. The minimum atomic E-state index is 0.119. The molecule has 4 nitrogen and oxygen atoms in total. The number of carbonyl (C=O) groups excluding carboxylic acids is 1. The summed E-state index contributed by atoms with van der Waals surface area (Å²) in [5.41, 5.74) is 2.89. The van der Waals surface area contributed by atoms with Gasteiger partial charge in [-0.15, -0.1) is 0 Å². The predicted molar refractivity (Wildman–Crippen MR) is 101 cm³/mol. The van der Waals surface area contributed by atoms with Crippen LogP contribution in [0.4, 0.5) is 0 Å². The molecule has 2 fully saturated rings. The van der Waals surface area contributed by atoms with Crippen molar-refractivity contribution in [2.75, 3.05) is 7.11 Å². The first kappa shape index (κ1) is 17.2. The van der Waals surface area contributed by atoms with Crippen LogP contribution in [0.1, 0.15) is 47.3 Å². The van der Waals surface area contributed by atoms with Gasteiger partial charge < -0.3 is 4.74 Å². The second-order valence-electron chi connectivity index (χ2n) is 7.56. The van der Waals surface area contributed by atoms with Crippen LogP contribution >= 0.6 is 0 Å². The van der Waals surface area contributed by atoms with Gasteiger partial charge in [-0.05, 0) is 44.2 Å². The molecule has 4 heteroatoms. The number of piperidine rings is 1. The summed E-state index contributed by atoms with van der Waals surface area (Å²) in [6.45, 7) is 2.90. The molecule has 1 aromatic carbocycles. The van der Waals surface area contributed by atoms with Crippen molar-refractivity contribution in [2.24, 2.45) is 5.92 Å². The van der Waals surface area contributed by atoms with Gasteiger partial charge in [0.05, 0.1) is 12.8 Å². The molecule has 2 unspecified atom stereocenters. The third kappa shape index (κ3) is 3.26. The zero-order valence-corrected chi connectivity index (χ0v) is 15.5. The monoisotopic (exact) mass is 350 g/mol. The van der Waals surface area contributed by atoms with Crippen LogP contribution in [0.15, 0.2) is 42.5 Å². The molecule has 2 bridgehead atoms.